The molecular weight excluding hydrogens is 264 g/mol. The maximum Gasteiger partial charge on any atom is 0.146 e. The minimum Gasteiger partial charge on any atom is -0.411 e. The Kier molecular flexibility index (Phi) is 4.04. The lowest BCUT2D eigenvalue weighted by atomic mass is 9.81. The number of hydrogen-bond acceptors (Lipinski definition) is 4. The van der Waals surface area contributed by atoms with Crippen LogP contribution >= 0.6 is 0 Å². The molecule has 4 heteroatoms. The molecule has 3 rings (SSSR count). The molecule has 0 amide bonds. The molecule has 4 nitrogen and oxygen atoms in total. The number of aryl methyl sites for hydroxylation is 1. The first-order valence-corrected chi connectivity index (χ1v) is 7.57. The van der Waals surface area contributed by atoms with Gasteiger partial charge in [0.05, 0.1) is 17.0 Å². The summed E-state index contributed by atoms with van der Waals surface area (Å²) in [6.45, 7) is 2.15. The second kappa shape index (κ2) is 6.12. The Labute approximate surface area is 124 Å². The Morgan fingerprint density at radius 1 is 1.29 bits per heavy atom. The Balaban J connectivity index is 1.91. The van der Waals surface area contributed by atoms with Gasteiger partial charge in [0.1, 0.15) is 5.76 Å². The van der Waals surface area contributed by atoms with E-state index in [4.69, 9.17) is 4.52 Å². The van der Waals surface area contributed by atoms with Crippen LogP contribution < -0.4 is 0 Å². The van der Waals surface area contributed by atoms with Gasteiger partial charge in [-0.05, 0) is 24.3 Å². The van der Waals surface area contributed by atoms with Gasteiger partial charge < -0.3 is 9.73 Å². The van der Waals surface area contributed by atoms with Crippen molar-refractivity contribution in [1.29, 1.82) is 0 Å². The third-order valence-electron chi connectivity index (χ3n) is 4.15. The first kappa shape index (κ1) is 13.9. The van der Waals surface area contributed by atoms with Crippen LogP contribution in [0, 0.1) is 0 Å². The van der Waals surface area contributed by atoms with Crippen LogP contribution in [0.4, 0.5) is 0 Å². The summed E-state index contributed by atoms with van der Waals surface area (Å²) in [6.07, 6.45) is 4.61. The summed E-state index contributed by atoms with van der Waals surface area (Å²) >= 11 is 0. The molecule has 1 aromatic carbocycles. The van der Waals surface area contributed by atoms with E-state index in [1.807, 2.05) is 18.2 Å². The van der Waals surface area contributed by atoms with Crippen LogP contribution in [0.25, 0.3) is 0 Å². The monoisotopic (exact) mass is 284 g/mol. The van der Waals surface area contributed by atoms with Crippen molar-refractivity contribution in [3.63, 3.8) is 0 Å². The number of aromatic nitrogens is 1. The van der Waals surface area contributed by atoms with Gasteiger partial charge in [-0.3, -0.25) is 0 Å². The fraction of sp³-hybridized carbons (Fsp3) is 0.412. The Hall–Kier alpha value is -2.10. The number of unbranched alkanes of at least 4 members (excludes halogenated alkanes) is 1. The topological polar surface area (TPSA) is 58.6 Å². The molecule has 1 atom stereocenters. The largest absolute Gasteiger partial charge is 0.411 e. The molecule has 2 aromatic rings. The molecule has 0 fully saturated rings. The van der Waals surface area contributed by atoms with E-state index in [9.17, 15) is 5.21 Å². The summed E-state index contributed by atoms with van der Waals surface area (Å²) in [5.74, 6) is 1.14. The van der Waals surface area contributed by atoms with Gasteiger partial charge in [-0.25, -0.2) is 0 Å². The van der Waals surface area contributed by atoms with Gasteiger partial charge in [-0.2, -0.15) is 0 Å². The van der Waals surface area contributed by atoms with Crippen LogP contribution in [-0.2, 0) is 12.8 Å². The lowest BCUT2D eigenvalue weighted by molar-refractivity contribution is 0.315. The first-order valence-electron chi connectivity index (χ1n) is 7.57. The molecule has 0 radical (unpaired) electrons. The van der Waals surface area contributed by atoms with Crippen LogP contribution in [-0.4, -0.2) is 16.1 Å². The molecule has 1 aliphatic carbocycles. The summed E-state index contributed by atoms with van der Waals surface area (Å²) in [6, 6.07) is 10.3. The lowest BCUT2D eigenvalue weighted by Gasteiger charge is -2.22. The minimum atomic E-state index is 0.288. The molecule has 1 aromatic heterocycles. The minimum absolute atomic E-state index is 0.288. The van der Waals surface area contributed by atoms with Gasteiger partial charge in [0.2, 0.25) is 0 Å². The fourth-order valence-corrected chi connectivity index (χ4v) is 3.03. The number of oxime groups is 1. The normalized spacial score (nSPS) is 19.7. The molecule has 0 saturated carbocycles. The highest BCUT2D eigenvalue weighted by atomic mass is 16.5. The van der Waals surface area contributed by atoms with Crippen molar-refractivity contribution in [3.05, 3.63) is 52.9 Å². The number of benzene rings is 1. The van der Waals surface area contributed by atoms with Crippen molar-refractivity contribution in [2.75, 3.05) is 0 Å². The first-order chi connectivity index (χ1) is 10.3. The summed E-state index contributed by atoms with van der Waals surface area (Å²) in [4.78, 5) is 0. The van der Waals surface area contributed by atoms with E-state index < -0.39 is 0 Å². The van der Waals surface area contributed by atoms with Gasteiger partial charge >= 0.3 is 0 Å². The third-order valence-corrected chi connectivity index (χ3v) is 4.15. The zero-order valence-corrected chi connectivity index (χ0v) is 12.2. The van der Waals surface area contributed by atoms with Crippen LogP contribution in [0.3, 0.4) is 0 Å². The molecule has 1 aliphatic rings. The van der Waals surface area contributed by atoms with Crippen LogP contribution in [0.2, 0.25) is 0 Å². The van der Waals surface area contributed by atoms with Crippen LogP contribution in [0.15, 0.2) is 40.0 Å². The van der Waals surface area contributed by atoms with Gasteiger partial charge in [0, 0.05) is 12.8 Å². The third kappa shape index (κ3) is 2.71. The SMILES string of the molecule is CCCCc1noc2c1/C(=N/O)C[C@@H](c1ccccc1)C2. The van der Waals surface area contributed by atoms with Crippen molar-refractivity contribution in [3.8, 4) is 0 Å². The van der Waals surface area contributed by atoms with E-state index in [2.05, 4.69) is 29.4 Å². The molecule has 0 saturated heterocycles. The molecule has 110 valence electrons. The highest BCUT2D eigenvalue weighted by Gasteiger charge is 2.31. The van der Waals surface area contributed by atoms with Crippen molar-refractivity contribution in [1.82, 2.24) is 5.16 Å². The van der Waals surface area contributed by atoms with Crippen LogP contribution in [0.5, 0.6) is 0 Å². The molecule has 1 heterocycles. The molecule has 0 unspecified atom stereocenters. The maximum absolute atomic E-state index is 9.39. The Morgan fingerprint density at radius 3 is 2.81 bits per heavy atom. The van der Waals surface area contributed by atoms with Crippen molar-refractivity contribution in [2.24, 2.45) is 5.16 Å². The average molecular weight is 284 g/mol. The predicted octanol–water partition coefficient (Wildman–Crippen LogP) is 3.93. The molecule has 0 aliphatic heterocycles. The summed E-state index contributed by atoms with van der Waals surface area (Å²) in [7, 11) is 0. The number of rotatable bonds is 4. The summed E-state index contributed by atoms with van der Waals surface area (Å²) in [5, 5.41) is 17.1. The van der Waals surface area contributed by atoms with E-state index in [1.165, 1.54) is 5.56 Å². The van der Waals surface area contributed by atoms with Crippen LogP contribution in [0.1, 0.15) is 54.7 Å². The number of hydrogen-bond donors (Lipinski definition) is 1. The van der Waals surface area contributed by atoms with E-state index in [-0.39, 0.29) is 5.92 Å². The predicted molar refractivity (Wildman–Crippen MR) is 80.9 cm³/mol. The van der Waals surface area contributed by atoms with Gasteiger partial charge in [0.25, 0.3) is 0 Å². The van der Waals surface area contributed by atoms with Gasteiger partial charge in [-0.1, -0.05) is 54.0 Å². The zero-order chi connectivity index (χ0) is 14.7. The second-order valence-corrected chi connectivity index (χ2v) is 5.59. The highest BCUT2D eigenvalue weighted by molar-refractivity contribution is 6.03. The van der Waals surface area contributed by atoms with E-state index in [1.54, 1.807) is 0 Å². The van der Waals surface area contributed by atoms with Gasteiger partial charge in [0.15, 0.2) is 0 Å². The molecule has 1 N–H and O–H groups in total. The quantitative estimate of drug-likeness (QED) is 0.683. The second-order valence-electron chi connectivity index (χ2n) is 5.59. The van der Waals surface area contributed by atoms with E-state index >= 15 is 0 Å². The van der Waals surface area contributed by atoms with Crippen molar-refractivity contribution in [2.45, 2.75) is 44.9 Å². The smallest absolute Gasteiger partial charge is 0.146 e. The number of fused-ring (bicyclic) bond motifs is 1. The molecule has 0 bridgehead atoms. The maximum atomic E-state index is 9.39. The lowest BCUT2D eigenvalue weighted by Crippen LogP contribution is -2.19. The average Bonchev–Trinajstić information content (AvgIpc) is 2.96. The summed E-state index contributed by atoms with van der Waals surface area (Å²) in [5.41, 5.74) is 3.83. The Morgan fingerprint density at radius 2 is 2.10 bits per heavy atom. The highest BCUT2D eigenvalue weighted by Crippen LogP contribution is 2.34. The molecule has 21 heavy (non-hydrogen) atoms. The summed E-state index contributed by atoms with van der Waals surface area (Å²) < 4.78 is 5.53. The van der Waals surface area contributed by atoms with E-state index in [0.717, 1.165) is 49.1 Å². The van der Waals surface area contributed by atoms with Gasteiger partial charge in [-0.15, -0.1) is 0 Å². The molecule has 0 spiro atoms. The Bertz CT molecular complexity index is 631. The molecular formula is C17H20N2O2. The van der Waals surface area contributed by atoms with Crippen molar-refractivity contribution >= 4 is 5.71 Å². The van der Waals surface area contributed by atoms with Crippen molar-refractivity contribution < 1.29 is 9.73 Å². The fourth-order valence-electron chi connectivity index (χ4n) is 3.03. The standard InChI is InChI=1S/C17H20N2O2/c1-2-3-9-14-17-15(18-20)10-13(11-16(17)21-19-14)12-7-5-4-6-8-12/h4-8,13,20H,2-3,9-11H2,1H3/b18-15+/t13-/m1/s1. The zero-order valence-electron chi connectivity index (χ0n) is 12.2. The van der Waals surface area contributed by atoms with E-state index in [0.29, 0.717) is 5.71 Å². The number of nitrogens with zero attached hydrogens (tertiary/aromatic N) is 2.